The van der Waals surface area contributed by atoms with E-state index in [2.05, 4.69) is 50.5 Å². The predicted octanol–water partition coefficient (Wildman–Crippen LogP) is 7.31. The first-order valence-electron chi connectivity index (χ1n) is 9.52. The monoisotopic (exact) mass is 815 g/mol. The number of aromatic hydroxyl groups is 2. The van der Waals surface area contributed by atoms with Crippen molar-refractivity contribution in [3.63, 3.8) is 0 Å². The van der Waals surface area contributed by atoms with E-state index in [1.807, 2.05) is 34.7 Å². The number of hydrogen-bond donors (Lipinski definition) is 3. The highest BCUT2D eigenvalue weighted by atomic mass is 127. The van der Waals surface area contributed by atoms with Crippen LogP contribution in [-0.2, 0) is 27.2 Å². The van der Waals surface area contributed by atoms with Crippen molar-refractivity contribution in [1.82, 2.24) is 5.32 Å². The number of phenolic OH excluding ortho intramolecular Hbond substituents is 2. The van der Waals surface area contributed by atoms with E-state index in [9.17, 15) is 19.8 Å². The summed E-state index contributed by atoms with van der Waals surface area (Å²) in [6, 6.07) is 7.91. The van der Waals surface area contributed by atoms with Crippen LogP contribution in [-0.4, -0.2) is 33.7 Å². The largest absolute Gasteiger partial charge is 0.507 e. The van der Waals surface area contributed by atoms with Crippen molar-refractivity contribution < 1.29 is 27.4 Å². The topological polar surface area (TPSA) is 95.9 Å². The van der Waals surface area contributed by atoms with Crippen LogP contribution in [0.5, 0.6) is 11.5 Å². The maximum atomic E-state index is 12.7. The minimum atomic E-state index is -0.841. The summed E-state index contributed by atoms with van der Waals surface area (Å²) in [4.78, 5) is 25.4. The zero-order valence-electron chi connectivity index (χ0n) is 17.3. The molecule has 0 aliphatic rings. The fourth-order valence-corrected chi connectivity index (χ4v) is 5.24. The fourth-order valence-electron chi connectivity index (χ4n) is 2.77. The average Bonchev–Trinajstić information content (AvgIpc) is 2.65. The molecule has 6 nitrogen and oxygen atoms in total. The Morgan fingerprint density at radius 3 is 2.00 bits per heavy atom. The summed E-state index contributed by atoms with van der Waals surface area (Å²) in [5.41, 5.74) is 1.06. The summed E-state index contributed by atoms with van der Waals surface area (Å²) < 4.78 is 7.63. The highest BCUT2D eigenvalue weighted by Gasteiger charge is 2.27. The van der Waals surface area contributed by atoms with Crippen molar-refractivity contribution in [3.8, 4) is 11.5 Å². The van der Waals surface area contributed by atoms with E-state index >= 15 is 0 Å². The van der Waals surface area contributed by atoms with Gasteiger partial charge in [-0.25, -0.2) is 4.79 Å². The van der Waals surface area contributed by atoms with Crippen molar-refractivity contribution in [2.75, 3.05) is 0 Å². The minimum Gasteiger partial charge on any atom is -0.507 e. The van der Waals surface area contributed by atoms with Gasteiger partial charge in [0.25, 0.3) is 0 Å². The maximum Gasteiger partial charge on any atom is 0.329 e. The first-order valence-corrected chi connectivity index (χ1v) is 12.8. The zero-order chi connectivity index (χ0) is 23.3. The quantitative estimate of drug-likeness (QED) is 0.201. The van der Waals surface area contributed by atoms with Crippen LogP contribution in [0, 0.1) is 10.7 Å². The summed E-state index contributed by atoms with van der Waals surface area (Å²) in [7, 11) is 0. The second-order valence-electron chi connectivity index (χ2n) is 8.05. The van der Waals surface area contributed by atoms with E-state index < -0.39 is 17.6 Å². The van der Waals surface area contributed by atoms with Crippen molar-refractivity contribution >= 4 is 79.6 Å². The number of amides is 1. The second-order valence-corrected chi connectivity index (χ2v) is 11.5. The molecule has 0 aliphatic heterocycles. The summed E-state index contributed by atoms with van der Waals surface area (Å²) in [6.45, 7) is 5.34. The molecule has 2 aromatic carbocycles. The van der Waals surface area contributed by atoms with Gasteiger partial charge in [-0.15, -0.1) is 0 Å². The van der Waals surface area contributed by atoms with E-state index in [-0.39, 0.29) is 55.4 Å². The van der Waals surface area contributed by atoms with E-state index in [4.69, 9.17) is 4.74 Å². The van der Waals surface area contributed by atoms with Gasteiger partial charge in [-0.2, -0.15) is 0 Å². The van der Waals surface area contributed by atoms with Crippen molar-refractivity contribution in [1.29, 1.82) is 0 Å². The first-order chi connectivity index (χ1) is 14.4. The Kier molecular flexibility index (Phi) is 15.9. The van der Waals surface area contributed by atoms with Crippen LogP contribution in [0.2, 0.25) is 0 Å². The van der Waals surface area contributed by atoms with E-state index in [1.54, 1.807) is 39.0 Å². The van der Waals surface area contributed by atoms with Crippen LogP contribution in [0.3, 0.4) is 0 Å². The number of halogens is 3. The smallest absolute Gasteiger partial charge is 0.329 e. The maximum absolute atomic E-state index is 12.7. The van der Waals surface area contributed by atoms with Crippen LogP contribution >= 0.6 is 67.8 Å². The zero-order valence-corrected chi connectivity index (χ0v) is 23.8. The molecule has 0 bridgehead atoms. The van der Waals surface area contributed by atoms with Crippen LogP contribution in [0.1, 0.15) is 63.5 Å². The van der Waals surface area contributed by atoms with Gasteiger partial charge in [-0.1, -0.05) is 28.3 Å². The number of esters is 1. The van der Waals surface area contributed by atoms with E-state index in [1.165, 1.54) is 0 Å². The molecule has 0 heterocycles. The molecule has 2 rings (SSSR count). The molecule has 0 fully saturated rings. The molecule has 1 unspecified atom stereocenters. The molecule has 0 aromatic heterocycles. The van der Waals surface area contributed by atoms with Gasteiger partial charge >= 0.3 is 5.97 Å². The molecular formula is C25H40I3NO5. The molecule has 1 amide bonds. The highest BCUT2D eigenvalue weighted by Crippen LogP contribution is 2.28. The van der Waals surface area contributed by atoms with Gasteiger partial charge in [0.2, 0.25) is 5.91 Å². The van der Waals surface area contributed by atoms with Crippen molar-refractivity contribution in [2.45, 2.75) is 74.0 Å². The third-order valence-corrected chi connectivity index (χ3v) is 6.70. The molecule has 0 spiro atoms. The molecule has 196 valence electrons. The van der Waals surface area contributed by atoms with Crippen LogP contribution in [0.4, 0.5) is 0 Å². The first kappa shape index (κ1) is 35.3. The van der Waals surface area contributed by atoms with Crippen molar-refractivity contribution in [2.24, 2.45) is 0 Å². The fraction of sp³-hybridized carbons (Fsp3) is 0.440. The lowest BCUT2D eigenvalue weighted by Crippen LogP contribution is -2.45. The second kappa shape index (κ2) is 15.3. The molecule has 2 aromatic rings. The van der Waals surface area contributed by atoms with Gasteiger partial charge in [-0.3, -0.25) is 4.79 Å². The molecule has 0 radical (unpaired) electrons. The molecular weight excluding hydrogens is 775 g/mol. The number of aryl methyl sites for hydroxylation is 1. The summed E-state index contributed by atoms with van der Waals surface area (Å²) in [6.07, 6.45) is 0.936. The number of rotatable bonds is 7. The van der Waals surface area contributed by atoms with Crippen LogP contribution < -0.4 is 5.32 Å². The Morgan fingerprint density at radius 2 is 1.50 bits per heavy atom. The lowest BCUT2D eigenvalue weighted by atomic mass is 10.0. The lowest BCUT2D eigenvalue weighted by molar-refractivity contribution is -0.158. The Bertz CT molecular complexity index is 962. The number of carbonyl (C=O) groups excluding carboxylic acids is 2. The number of ether oxygens (including phenoxy) is 1. The van der Waals surface area contributed by atoms with Gasteiger partial charge in [0.15, 0.2) is 0 Å². The van der Waals surface area contributed by atoms with Gasteiger partial charge in [-0.05, 0) is 130 Å². The summed E-state index contributed by atoms with van der Waals surface area (Å²) in [5, 5.41) is 22.4. The third-order valence-electron chi connectivity index (χ3n) is 4.20. The number of benzene rings is 2. The number of nitrogens with one attached hydrogen (secondary N) is 1. The highest BCUT2D eigenvalue weighted by molar-refractivity contribution is 14.1. The minimum absolute atomic E-state index is 0. The molecule has 0 aliphatic carbocycles. The molecule has 34 heavy (non-hydrogen) atoms. The summed E-state index contributed by atoms with van der Waals surface area (Å²) >= 11 is 6.13. The SMILES string of the molecule is C.C.C.CC(C)(C)OC(=O)C(Cc1ccc(O)c(I)c1)NC(=O)CCc1cc(I)c(O)c(I)c1.[HH].[HH]. The van der Waals surface area contributed by atoms with Crippen molar-refractivity contribution in [3.05, 3.63) is 52.2 Å². The molecule has 0 saturated carbocycles. The predicted molar refractivity (Wildman–Crippen MR) is 169 cm³/mol. The van der Waals surface area contributed by atoms with Gasteiger partial charge in [0, 0.05) is 15.7 Å². The molecule has 9 heteroatoms. The molecule has 0 saturated heterocycles. The average molecular weight is 815 g/mol. The Labute approximate surface area is 248 Å². The lowest BCUT2D eigenvalue weighted by Gasteiger charge is -2.25. The van der Waals surface area contributed by atoms with Gasteiger partial charge in [0.05, 0.1) is 10.7 Å². The van der Waals surface area contributed by atoms with E-state index in [0.29, 0.717) is 9.99 Å². The molecule has 3 N–H and O–H groups in total. The number of carbonyl (C=O) groups is 2. The third kappa shape index (κ3) is 11.3. The standard InChI is InChI=1S/C22H24I3NO5.3CH4.2H2/c1-22(2,3)31-21(30)17(11-13-4-6-18(27)14(23)8-13)26-19(28)7-5-12-9-15(24)20(29)16(25)10-12;;;;;/h4,6,8-10,17,27,29H,5,7,11H2,1-3H3,(H,26,28);3*1H4;2*1H. The normalized spacial score (nSPS) is 11.2. The van der Waals surface area contributed by atoms with Gasteiger partial charge in [0.1, 0.15) is 23.1 Å². The Morgan fingerprint density at radius 1 is 0.971 bits per heavy atom. The van der Waals surface area contributed by atoms with Crippen LogP contribution in [0.15, 0.2) is 30.3 Å². The van der Waals surface area contributed by atoms with E-state index in [0.717, 1.165) is 18.3 Å². The Hall–Kier alpha value is -0.830. The number of phenols is 2. The molecule has 1 atom stereocenters. The summed E-state index contributed by atoms with van der Waals surface area (Å²) in [5.74, 6) is -0.358. The Balaban J connectivity index is -0.00000102. The van der Waals surface area contributed by atoms with Crippen LogP contribution in [0.25, 0.3) is 0 Å². The number of hydrogen-bond acceptors (Lipinski definition) is 5. The van der Waals surface area contributed by atoms with Gasteiger partial charge < -0.3 is 20.3 Å².